The molecule has 1 aliphatic carbocycles. The Morgan fingerprint density at radius 2 is 0.830 bits per heavy atom. The Balaban J connectivity index is 1.75. The van der Waals surface area contributed by atoms with Gasteiger partial charge >= 0.3 is 25.7 Å². The van der Waals surface area contributed by atoms with Crippen LogP contribution in [-0.2, 0) is 61.2 Å². The first kappa shape index (κ1) is 91.6. The lowest BCUT2D eigenvalue weighted by atomic mass is 9.84. The largest absolute Gasteiger partial charge is 0.472 e. The van der Waals surface area contributed by atoms with Crippen molar-refractivity contribution in [2.24, 2.45) is 5.92 Å². The second-order valence-electron chi connectivity index (χ2n) is 28.4. The van der Waals surface area contributed by atoms with E-state index < -0.39 is 156 Å². The molecule has 3 aliphatic rings. The van der Waals surface area contributed by atoms with Crippen LogP contribution in [0.15, 0.2) is 24.3 Å². The number of aliphatic hydroxyl groups is 10. The molecule has 2 saturated heterocycles. The zero-order chi connectivity index (χ0) is 73.3. The Labute approximate surface area is 598 Å². The molecule has 25 heteroatoms. The third-order valence-corrected chi connectivity index (χ3v) is 20.5. The lowest BCUT2D eigenvalue weighted by Crippen LogP contribution is -2.69. The highest BCUT2D eigenvalue weighted by molar-refractivity contribution is 7.47. The van der Waals surface area contributed by atoms with Crippen LogP contribution >= 0.6 is 7.82 Å². The fourth-order valence-corrected chi connectivity index (χ4v) is 14.0. The van der Waals surface area contributed by atoms with Crippen molar-refractivity contribution < 1.29 is 117 Å². The summed E-state index contributed by atoms with van der Waals surface area (Å²) in [6.07, 6.45) is 15.9. The number of hydrogen-bond acceptors (Lipinski definition) is 23. The SMILES string of the molecule is CCCCCCCCCCCCC/C=C/C=C/C(=O)OCC(COP(=O)(O)OC1C(OC2OC(CO)C(O)C(O)C2O)C(O)C(O)C(O)C1OC1OC(COC(=O)CCCCCCCCCCCCCCCC)C(O)C(O)C1O)OC(=O)CCCCCCCCC(C)CCCCCCCC. The number of unbranched alkanes of at least 4 members (excludes halogenated alkanes) is 34. The van der Waals surface area contributed by atoms with Crippen LogP contribution < -0.4 is 0 Å². The molecule has 0 bridgehead atoms. The van der Waals surface area contributed by atoms with Crippen molar-refractivity contribution in [3.8, 4) is 0 Å². The molecule has 0 radical (unpaired) electrons. The number of hydrogen-bond donors (Lipinski definition) is 11. The van der Waals surface area contributed by atoms with Crippen LogP contribution in [0.1, 0.15) is 297 Å². The van der Waals surface area contributed by atoms with Gasteiger partial charge in [0.15, 0.2) is 18.7 Å². The normalized spacial score (nSPS) is 27.8. The summed E-state index contributed by atoms with van der Waals surface area (Å²) in [5, 5.41) is 110. The number of ether oxygens (including phenoxy) is 7. The Kier molecular flexibility index (Phi) is 51.2. The van der Waals surface area contributed by atoms with Crippen molar-refractivity contribution in [1.82, 2.24) is 0 Å². The molecule has 2 aliphatic heterocycles. The Hall–Kier alpha value is -2.56. The van der Waals surface area contributed by atoms with Gasteiger partial charge in [0.1, 0.15) is 98.7 Å². The van der Waals surface area contributed by atoms with Gasteiger partial charge in [-0.05, 0) is 31.6 Å². The smallest absolute Gasteiger partial charge is 0.463 e. The van der Waals surface area contributed by atoms with Gasteiger partial charge in [0, 0.05) is 18.9 Å². The monoisotopic (exact) mass is 1450 g/mol. The quantitative estimate of drug-likeness (QED) is 0.00673. The van der Waals surface area contributed by atoms with E-state index in [0.29, 0.717) is 18.8 Å². The molecule has 11 N–H and O–H groups in total. The lowest BCUT2D eigenvalue weighted by molar-refractivity contribution is -0.360. The minimum Gasteiger partial charge on any atom is -0.463 e. The number of phosphoric acid groups is 1. The molecule has 0 spiro atoms. The molecule has 100 heavy (non-hydrogen) atoms. The zero-order valence-corrected chi connectivity index (χ0v) is 62.3. The molecular weight excluding hydrogens is 1320 g/mol. The fourth-order valence-electron chi connectivity index (χ4n) is 13.0. The van der Waals surface area contributed by atoms with Crippen LogP contribution in [0, 0.1) is 5.92 Å². The van der Waals surface area contributed by atoms with Gasteiger partial charge in [-0.15, -0.1) is 0 Å². The van der Waals surface area contributed by atoms with Crippen LogP contribution in [-0.4, -0.2) is 204 Å². The molecular formula is C75H137O24P. The van der Waals surface area contributed by atoms with E-state index >= 15 is 0 Å². The molecule has 2 heterocycles. The van der Waals surface area contributed by atoms with Crippen molar-refractivity contribution in [2.75, 3.05) is 26.4 Å². The third-order valence-electron chi connectivity index (χ3n) is 19.5. The van der Waals surface area contributed by atoms with Gasteiger partial charge in [-0.2, -0.15) is 0 Å². The zero-order valence-electron chi connectivity index (χ0n) is 61.4. The minimum absolute atomic E-state index is 0.0285. The highest BCUT2D eigenvalue weighted by Gasteiger charge is 2.58. The van der Waals surface area contributed by atoms with Crippen LogP contribution in [0.4, 0.5) is 0 Å². The Morgan fingerprint density at radius 3 is 1.28 bits per heavy atom. The lowest BCUT2D eigenvalue weighted by Gasteiger charge is -2.49. The van der Waals surface area contributed by atoms with Gasteiger partial charge in [0.2, 0.25) is 0 Å². The molecule has 19 atom stereocenters. The molecule has 19 unspecified atom stereocenters. The number of esters is 3. The van der Waals surface area contributed by atoms with Crippen LogP contribution in [0.3, 0.4) is 0 Å². The number of phosphoric ester groups is 1. The van der Waals surface area contributed by atoms with Crippen molar-refractivity contribution in [3.63, 3.8) is 0 Å². The number of carbonyl (C=O) groups excluding carboxylic acids is 3. The third kappa shape index (κ3) is 38.6. The van der Waals surface area contributed by atoms with Gasteiger partial charge in [-0.25, -0.2) is 9.36 Å². The second kappa shape index (κ2) is 55.8. The van der Waals surface area contributed by atoms with Crippen molar-refractivity contribution in [3.05, 3.63) is 24.3 Å². The first-order valence-electron chi connectivity index (χ1n) is 39.1. The molecule has 0 aromatic heterocycles. The molecule has 586 valence electrons. The predicted octanol–water partition coefficient (Wildman–Crippen LogP) is 11.2. The molecule has 0 aromatic rings. The summed E-state index contributed by atoms with van der Waals surface area (Å²) < 4.78 is 64.9. The summed E-state index contributed by atoms with van der Waals surface area (Å²) in [4.78, 5) is 51.0. The molecule has 1 saturated carbocycles. The van der Waals surface area contributed by atoms with Crippen LogP contribution in [0.25, 0.3) is 0 Å². The highest BCUT2D eigenvalue weighted by atomic mass is 31.2. The van der Waals surface area contributed by atoms with E-state index in [4.69, 9.17) is 42.2 Å². The molecule has 3 fully saturated rings. The molecule has 24 nitrogen and oxygen atoms in total. The average molecular weight is 1450 g/mol. The summed E-state index contributed by atoms with van der Waals surface area (Å²) in [7, 11) is -5.72. The van der Waals surface area contributed by atoms with Crippen molar-refractivity contribution >= 4 is 25.7 Å². The topological polar surface area (TPSA) is 374 Å². The van der Waals surface area contributed by atoms with Gasteiger partial charge in [0.05, 0.1) is 13.2 Å². The van der Waals surface area contributed by atoms with E-state index in [9.17, 15) is 74.9 Å². The number of aliphatic hydroxyl groups excluding tert-OH is 10. The van der Waals surface area contributed by atoms with Gasteiger partial charge in [0.25, 0.3) is 0 Å². The van der Waals surface area contributed by atoms with E-state index in [1.54, 1.807) is 6.08 Å². The summed E-state index contributed by atoms with van der Waals surface area (Å²) in [5.74, 6) is -1.56. The van der Waals surface area contributed by atoms with Crippen LogP contribution in [0.2, 0.25) is 0 Å². The van der Waals surface area contributed by atoms with E-state index in [0.717, 1.165) is 96.0 Å². The van der Waals surface area contributed by atoms with Crippen molar-refractivity contribution in [2.45, 2.75) is 402 Å². The second-order valence-corrected chi connectivity index (χ2v) is 29.8. The van der Waals surface area contributed by atoms with Crippen LogP contribution in [0.5, 0.6) is 0 Å². The first-order chi connectivity index (χ1) is 48.2. The first-order valence-corrected chi connectivity index (χ1v) is 40.5. The molecule has 3 rings (SSSR count). The summed E-state index contributed by atoms with van der Waals surface area (Å²) in [6, 6.07) is 0. The summed E-state index contributed by atoms with van der Waals surface area (Å²) in [6.45, 7) is 5.66. The molecule has 0 amide bonds. The maximum absolute atomic E-state index is 14.3. The Bertz CT molecular complexity index is 2180. The Morgan fingerprint density at radius 1 is 0.440 bits per heavy atom. The van der Waals surface area contributed by atoms with Gasteiger partial charge in [-0.1, -0.05) is 277 Å². The van der Waals surface area contributed by atoms with Gasteiger partial charge < -0.3 is 89.1 Å². The number of allylic oxidation sites excluding steroid dienone is 3. The number of carbonyl (C=O) groups is 3. The summed E-state index contributed by atoms with van der Waals surface area (Å²) in [5.41, 5.74) is 0. The highest BCUT2D eigenvalue weighted by Crippen LogP contribution is 2.49. The van der Waals surface area contributed by atoms with E-state index in [-0.39, 0.29) is 12.8 Å². The van der Waals surface area contributed by atoms with E-state index in [1.807, 2.05) is 6.08 Å². The average Bonchev–Trinajstić information content (AvgIpc) is 0.765. The molecule has 0 aromatic carbocycles. The van der Waals surface area contributed by atoms with E-state index in [2.05, 4.69) is 27.7 Å². The van der Waals surface area contributed by atoms with Crippen molar-refractivity contribution in [1.29, 1.82) is 0 Å². The summed E-state index contributed by atoms with van der Waals surface area (Å²) >= 11 is 0. The fraction of sp³-hybridized carbons (Fsp3) is 0.907. The predicted molar refractivity (Wildman–Crippen MR) is 379 cm³/mol. The standard InChI is InChI=1S/C75H137O24P/c1-5-8-11-14-17-19-21-23-25-27-29-30-32-38-43-48-59(77)91-52-56(94-61(79)50-45-40-35-34-37-42-47-55(4)46-41-36-16-13-10-7-3)53-93-100(89,90)99-73-71(97-74-69(87)64(82)62(80)57(51-76)95-74)67(85)66(84)68(86)72(73)98-75-70(88)65(83)63(81)58(96-75)54-92-60(78)49-44-39-33-31-28-26-24-22-20-18-15-12-9-6-2/h32,38,43,48,55-58,62-76,80-88H,5-31,33-37,39-42,44-47,49-54H2,1-4H3,(H,89,90)/b38-32+,48-43+. The van der Waals surface area contributed by atoms with Gasteiger partial charge in [-0.3, -0.25) is 18.6 Å². The maximum atomic E-state index is 14.3. The number of rotatable bonds is 60. The minimum atomic E-state index is -5.72. The maximum Gasteiger partial charge on any atom is 0.472 e. The van der Waals surface area contributed by atoms with E-state index in [1.165, 1.54) is 160 Å².